The number of nitrogens with zero attached hydrogens (tertiary/aromatic N) is 1. The number of nitrogens with one attached hydrogen (secondary N) is 1. The summed E-state index contributed by atoms with van der Waals surface area (Å²) in [6, 6.07) is 16.9. The van der Waals surface area contributed by atoms with E-state index in [1.807, 2.05) is 43.0 Å². The van der Waals surface area contributed by atoms with Gasteiger partial charge in [0.25, 0.3) is 0 Å². The molecule has 2 aliphatic carbocycles. The van der Waals surface area contributed by atoms with Gasteiger partial charge in [0, 0.05) is 21.7 Å². The van der Waals surface area contributed by atoms with Crippen molar-refractivity contribution in [3.63, 3.8) is 0 Å². The van der Waals surface area contributed by atoms with Crippen LogP contribution in [-0.4, -0.2) is 15.7 Å². The molecule has 3 aliphatic rings. The highest BCUT2D eigenvalue weighted by Gasteiger charge is 2.55. The van der Waals surface area contributed by atoms with Crippen LogP contribution in [0.15, 0.2) is 58.4 Å². The minimum atomic E-state index is -0.148. The van der Waals surface area contributed by atoms with Crippen molar-refractivity contribution in [3.8, 4) is 0 Å². The zero-order valence-corrected chi connectivity index (χ0v) is 23.0. The van der Waals surface area contributed by atoms with Gasteiger partial charge >= 0.3 is 4.87 Å². The Bertz CT molecular complexity index is 1360. The van der Waals surface area contributed by atoms with Gasteiger partial charge in [0.1, 0.15) is 6.54 Å². The highest BCUT2D eigenvalue weighted by Crippen LogP contribution is 2.64. The number of benzene rings is 2. The first-order valence-corrected chi connectivity index (χ1v) is 14.8. The molecule has 0 spiro atoms. The quantitative estimate of drug-likeness (QED) is 0.413. The number of anilines is 1. The normalized spacial score (nSPS) is 26.5. The number of thiazole rings is 1. The number of aromatic nitrogens is 1. The summed E-state index contributed by atoms with van der Waals surface area (Å²) in [4.78, 5) is 27.4. The Labute approximate surface area is 221 Å². The molecule has 1 aromatic heterocycles. The van der Waals surface area contributed by atoms with E-state index in [-0.39, 0.29) is 28.7 Å². The van der Waals surface area contributed by atoms with Crippen LogP contribution < -0.4 is 10.2 Å². The van der Waals surface area contributed by atoms with Crippen LogP contribution in [0.2, 0.25) is 0 Å². The first-order chi connectivity index (χ1) is 17.2. The van der Waals surface area contributed by atoms with E-state index in [4.69, 9.17) is 0 Å². The fraction of sp³-hybridized carbons (Fsp3) is 0.467. The Morgan fingerprint density at radius 2 is 1.83 bits per heavy atom. The smallest absolute Gasteiger partial charge is 0.308 e. The summed E-state index contributed by atoms with van der Waals surface area (Å²) in [5.41, 5.74) is 4.63. The largest absolute Gasteiger partial charge is 0.325 e. The number of carbonyl (C=O) groups is 1. The van der Waals surface area contributed by atoms with Crippen molar-refractivity contribution in [3.05, 3.63) is 79.8 Å². The summed E-state index contributed by atoms with van der Waals surface area (Å²) in [5, 5.41) is 4.55. The molecule has 2 bridgehead atoms. The molecule has 6 rings (SSSR count). The van der Waals surface area contributed by atoms with Crippen LogP contribution in [-0.2, 0) is 16.8 Å². The number of rotatable bonds is 4. The summed E-state index contributed by atoms with van der Waals surface area (Å²) in [5.74, 6) is 2.14. The fourth-order valence-electron chi connectivity index (χ4n) is 6.72. The highest BCUT2D eigenvalue weighted by atomic mass is 32.2. The van der Waals surface area contributed by atoms with Crippen LogP contribution in [0, 0.1) is 24.7 Å². The molecule has 188 valence electrons. The second-order valence-electron chi connectivity index (χ2n) is 11.9. The molecule has 1 amide bonds. The van der Waals surface area contributed by atoms with Crippen LogP contribution in [0.1, 0.15) is 67.5 Å². The number of fused-ring (bicyclic) bond motifs is 6. The van der Waals surface area contributed by atoms with E-state index in [0.29, 0.717) is 11.2 Å². The molecule has 2 saturated carbocycles. The molecule has 1 aliphatic heterocycles. The lowest BCUT2D eigenvalue weighted by molar-refractivity contribution is -0.116. The maximum absolute atomic E-state index is 13.3. The maximum atomic E-state index is 13.3. The van der Waals surface area contributed by atoms with Gasteiger partial charge in [-0.3, -0.25) is 14.2 Å². The van der Waals surface area contributed by atoms with Crippen molar-refractivity contribution in [2.75, 3.05) is 5.32 Å². The Kier molecular flexibility index (Phi) is 5.95. The fourth-order valence-corrected chi connectivity index (χ4v) is 9.87. The van der Waals surface area contributed by atoms with Gasteiger partial charge in [-0.05, 0) is 78.2 Å². The van der Waals surface area contributed by atoms with E-state index in [0.717, 1.165) is 28.1 Å². The monoisotopic (exact) mass is 518 g/mol. The summed E-state index contributed by atoms with van der Waals surface area (Å²) in [6.07, 6.45) is 3.92. The zero-order valence-electron chi connectivity index (χ0n) is 21.4. The van der Waals surface area contributed by atoms with Crippen LogP contribution in [0.3, 0.4) is 0 Å². The summed E-state index contributed by atoms with van der Waals surface area (Å²) < 4.78 is 1.74. The van der Waals surface area contributed by atoms with Crippen molar-refractivity contribution in [2.45, 2.75) is 75.1 Å². The SMILES string of the molecule is Cc1cccc(NC(=O)Cn2c3c(sc2=O)C(c2ccc(C(C)(C)C)cc2)C2C4CCC(C4)C2S3)c1. The van der Waals surface area contributed by atoms with Gasteiger partial charge in [0.05, 0.1) is 5.03 Å². The van der Waals surface area contributed by atoms with Gasteiger partial charge in [0.2, 0.25) is 5.91 Å². The summed E-state index contributed by atoms with van der Waals surface area (Å²) >= 11 is 3.25. The topological polar surface area (TPSA) is 51.1 Å². The molecule has 0 radical (unpaired) electrons. The standard InChI is InChI=1S/C30H34N2O2S2/c1-17-6-5-7-22(14-17)31-23(33)16-32-28-27(36-29(32)34)24(18-10-12-21(13-11-18)30(2,3)4)25-19-8-9-20(15-19)26(25)35-28/h5-7,10-14,19-20,24-26H,8-9,15-16H2,1-4H3,(H,31,33). The summed E-state index contributed by atoms with van der Waals surface area (Å²) in [7, 11) is 0. The van der Waals surface area contributed by atoms with Crippen molar-refractivity contribution in [1.82, 2.24) is 4.57 Å². The molecule has 36 heavy (non-hydrogen) atoms. The average molecular weight is 519 g/mol. The van der Waals surface area contributed by atoms with E-state index in [1.165, 1.54) is 46.6 Å². The second-order valence-corrected chi connectivity index (χ2v) is 14.0. The molecule has 6 heteroatoms. The summed E-state index contributed by atoms with van der Waals surface area (Å²) in [6.45, 7) is 8.81. The number of amides is 1. The van der Waals surface area contributed by atoms with Crippen LogP contribution in [0.5, 0.6) is 0 Å². The molecule has 1 N–H and O–H groups in total. The Morgan fingerprint density at radius 3 is 2.56 bits per heavy atom. The average Bonchev–Trinajstić information content (AvgIpc) is 3.52. The molecule has 5 unspecified atom stereocenters. The van der Waals surface area contributed by atoms with Crippen LogP contribution >= 0.6 is 23.1 Å². The zero-order chi connectivity index (χ0) is 25.2. The Hall–Kier alpha value is -2.31. The van der Waals surface area contributed by atoms with Gasteiger partial charge < -0.3 is 5.32 Å². The Morgan fingerprint density at radius 1 is 1.08 bits per heavy atom. The van der Waals surface area contributed by atoms with E-state index in [9.17, 15) is 9.59 Å². The van der Waals surface area contributed by atoms with E-state index >= 15 is 0 Å². The van der Waals surface area contributed by atoms with E-state index in [1.54, 1.807) is 4.57 Å². The lowest BCUT2D eigenvalue weighted by Gasteiger charge is -2.40. The van der Waals surface area contributed by atoms with Crippen molar-refractivity contribution < 1.29 is 4.79 Å². The number of carbonyl (C=O) groups excluding carboxylic acids is 1. The molecule has 5 atom stereocenters. The lowest BCUT2D eigenvalue weighted by atomic mass is 9.74. The Balaban J connectivity index is 1.36. The van der Waals surface area contributed by atoms with Crippen molar-refractivity contribution in [1.29, 1.82) is 0 Å². The molecule has 3 aromatic rings. The molecule has 2 aromatic carbocycles. The lowest BCUT2D eigenvalue weighted by Crippen LogP contribution is -2.35. The first kappa shape index (κ1) is 24.1. The number of hydrogen-bond acceptors (Lipinski definition) is 4. The third-order valence-electron chi connectivity index (χ3n) is 8.43. The number of thioether (sulfide) groups is 1. The minimum Gasteiger partial charge on any atom is -0.325 e. The van der Waals surface area contributed by atoms with Crippen molar-refractivity contribution >= 4 is 34.7 Å². The maximum Gasteiger partial charge on any atom is 0.308 e. The van der Waals surface area contributed by atoms with Gasteiger partial charge in [-0.2, -0.15) is 0 Å². The van der Waals surface area contributed by atoms with Crippen LogP contribution in [0.25, 0.3) is 0 Å². The molecular formula is C30H34N2O2S2. The molecule has 0 saturated heterocycles. The predicted octanol–water partition coefficient (Wildman–Crippen LogP) is 6.81. The van der Waals surface area contributed by atoms with E-state index < -0.39 is 0 Å². The molecule has 4 nitrogen and oxygen atoms in total. The third kappa shape index (κ3) is 4.16. The third-order valence-corrected chi connectivity index (χ3v) is 11.3. The van der Waals surface area contributed by atoms with Crippen LogP contribution in [0.4, 0.5) is 5.69 Å². The first-order valence-electron chi connectivity index (χ1n) is 13.1. The molecule has 2 fully saturated rings. The minimum absolute atomic E-state index is 0.0180. The number of aryl methyl sites for hydroxylation is 1. The van der Waals surface area contributed by atoms with Gasteiger partial charge in [-0.1, -0.05) is 68.5 Å². The van der Waals surface area contributed by atoms with Gasteiger partial charge in [-0.25, -0.2) is 0 Å². The van der Waals surface area contributed by atoms with Crippen molar-refractivity contribution in [2.24, 2.45) is 17.8 Å². The van der Waals surface area contributed by atoms with Gasteiger partial charge in [0.15, 0.2) is 0 Å². The predicted molar refractivity (Wildman–Crippen MR) is 149 cm³/mol. The second kappa shape index (κ2) is 8.91. The van der Waals surface area contributed by atoms with E-state index in [2.05, 4.69) is 50.4 Å². The molecular weight excluding hydrogens is 484 g/mol. The molecule has 2 heterocycles. The number of hydrogen-bond donors (Lipinski definition) is 1. The van der Waals surface area contributed by atoms with Gasteiger partial charge in [-0.15, -0.1) is 11.8 Å². The highest BCUT2D eigenvalue weighted by molar-refractivity contribution is 8.00.